The third kappa shape index (κ3) is 15.6. The second-order valence-electron chi connectivity index (χ2n) is 20.8. The molecule has 0 radical (unpaired) electrons. The fraction of sp³-hybridized carbons (Fsp3) is 0.741. The van der Waals surface area contributed by atoms with Gasteiger partial charge in [-0.05, 0) is 132 Å². The Morgan fingerprint density at radius 3 is 2.28 bits per heavy atom. The Morgan fingerprint density at radius 2 is 1.61 bits per heavy atom. The lowest BCUT2D eigenvalue weighted by Crippen LogP contribution is -2.59. The first-order chi connectivity index (χ1) is 32.7. The van der Waals surface area contributed by atoms with Crippen molar-refractivity contribution in [3.8, 4) is 0 Å². The second-order valence-corrected chi connectivity index (χ2v) is 20.8. The molecule has 69 heavy (non-hydrogen) atoms. The molecule has 2 heterocycles. The van der Waals surface area contributed by atoms with Gasteiger partial charge in [0.1, 0.15) is 41.8 Å². The highest BCUT2D eigenvalue weighted by molar-refractivity contribution is 6.39. The standard InChI is InChI=1S/C54H84N2O13/c1-32-16-12-11-13-17-33(2)44(65-8)28-40-20-19-38(7)54(64,30-40)51(61)52(62)56-23-15-14-18-41(56)53(63)69-45(35(4)26-39-21-22-43(46(27-39)66-9)68-47(58)31-55)29-42(57)34(3)25-37(6)49(60)50(67-10)48(59)36(5)24-32/h11-13,16-17,25,32,34-36,38-41,43-46,49-50,60,64H,14-15,18-24,26-31,55H2,1-10H3/b13-11?,16-12+,33-17?,37-25+/t32-,34-,35-,36-,38-,39?,40+,41+,43-,44+,45+,46-,49-,50+,54+/m1/s1. The highest BCUT2D eigenvalue weighted by Gasteiger charge is 2.51. The molecule has 2 bridgehead atoms. The molecule has 15 nitrogen and oxygen atoms in total. The number of amides is 1. The Balaban J connectivity index is 1.70. The topological polar surface area (TPSA) is 218 Å². The number of allylic oxidation sites excluding steroid dienone is 6. The largest absolute Gasteiger partial charge is 0.460 e. The van der Waals surface area contributed by atoms with Gasteiger partial charge in [-0.1, -0.05) is 71.1 Å². The summed E-state index contributed by atoms with van der Waals surface area (Å²) in [7, 11) is 4.56. The number of ether oxygens (including phenoxy) is 5. The fourth-order valence-corrected chi connectivity index (χ4v) is 11.0. The number of carbonyl (C=O) groups excluding carboxylic acids is 6. The number of nitrogens with two attached hydrogens (primary N) is 1. The average molecular weight is 969 g/mol. The second kappa shape index (κ2) is 27.1. The summed E-state index contributed by atoms with van der Waals surface area (Å²) in [5.41, 5.74) is 4.89. The number of aliphatic hydroxyl groups excluding tert-OH is 1. The zero-order valence-electron chi connectivity index (χ0n) is 43.1. The van der Waals surface area contributed by atoms with Crippen molar-refractivity contribution in [2.24, 2.45) is 47.2 Å². The number of hydrogen-bond donors (Lipinski definition) is 3. The van der Waals surface area contributed by atoms with Gasteiger partial charge in [0.05, 0.1) is 18.8 Å². The number of esters is 2. The Morgan fingerprint density at radius 1 is 0.884 bits per heavy atom. The van der Waals surface area contributed by atoms with E-state index in [1.807, 2.05) is 58.1 Å². The quantitative estimate of drug-likeness (QED) is 0.137. The van der Waals surface area contributed by atoms with Crippen molar-refractivity contribution in [3.63, 3.8) is 0 Å². The molecule has 0 aromatic rings. The number of Topliss-reactive ketones (excluding diaryl/α,β-unsaturated/α-hetero) is 3. The maximum Gasteiger partial charge on any atom is 0.329 e. The van der Waals surface area contributed by atoms with Crippen LogP contribution < -0.4 is 5.73 Å². The van der Waals surface area contributed by atoms with Crippen LogP contribution in [-0.2, 0) is 52.5 Å². The predicted molar refractivity (Wildman–Crippen MR) is 261 cm³/mol. The summed E-state index contributed by atoms with van der Waals surface area (Å²) in [4.78, 5) is 84.5. The molecule has 0 aromatic carbocycles. The number of carbonyl (C=O) groups is 6. The van der Waals surface area contributed by atoms with Gasteiger partial charge >= 0.3 is 11.9 Å². The van der Waals surface area contributed by atoms with Gasteiger partial charge in [-0.25, -0.2) is 4.79 Å². The minimum absolute atomic E-state index is 0.0232. The van der Waals surface area contributed by atoms with Gasteiger partial charge in [-0.3, -0.25) is 24.0 Å². The van der Waals surface area contributed by atoms with Crippen LogP contribution in [-0.4, -0.2) is 133 Å². The van der Waals surface area contributed by atoms with E-state index < -0.39 is 77.4 Å². The highest BCUT2D eigenvalue weighted by atomic mass is 16.6. The summed E-state index contributed by atoms with van der Waals surface area (Å²) in [6, 6.07) is -1.11. The summed E-state index contributed by atoms with van der Waals surface area (Å²) in [6.45, 7) is 12.7. The summed E-state index contributed by atoms with van der Waals surface area (Å²) >= 11 is 0. The summed E-state index contributed by atoms with van der Waals surface area (Å²) in [6.07, 6.45) is 12.6. The SMILES string of the molecule is CO[C@H]1C[C@@H]2CC[C@@H](C)[C@@](O)(C2)C(=O)C(=O)N2CCCC[C@H]2C(=O)O[C@H]([C@H](C)CC2CC[C@@H](OC(=O)CN)[C@H](OC)C2)CC(=O)[C@H](C)/C=C(\C)[C@@H](O)[C@@H](OC)C(=O)[C@H](C)C[C@H](C)/C=C/C=CC=C1C. The molecule has 2 aliphatic heterocycles. The van der Waals surface area contributed by atoms with E-state index in [9.17, 15) is 39.0 Å². The van der Waals surface area contributed by atoms with Crippen molar-refractivity contribution < 1.29 is 62.7 Å². The number of piperidine rings is 1. The first-order valence-electron chi connectivity index (χ1n) is 25.4. The van der Waals surface area contributed by atoms with E-state index in [-0.39, 0.29) is 79.8 Å². The molecular weight excluding hydrogens is 885 g/mol. The molecular formula is C54H84N2O13. The molecule has 0 spiro atoms. The molecule has 3 fully saturated rings. The van der Waals surface area contributed by atoms with Crippen LogP contribution in [0.5, 0.6) is 0 Å². The fourth-order valence-electron chi connectivity index (χ4n) is 11.0. The third-order valence-corrected chi connectivity index (χ3v) is 15.5. The number of aliphatic hydroxyl groups is 2. The number of nitrogens with zero attached hydrogens (tertiary/aromatic N) is 1. The van der Waals surface area contributed by atoms with Crippen molar-refractivity contribution in [3.05, 3.63) is 47.6 Å². The predicted octanol–water partition coefficient (Wildman–Crippen LogP) is 6.35. The van der Waals surface area contributed by atoms with Crippen LogP contribution >= 0.6 is 0 Å². The van der Waals surface area contributed by atoms with Crippen LogP contribution in [0, 0.1) is 41.4 Å². The third-order valence-electron chi connectivity index (χ3n) is 15.5. The van der Waals surface area contributed by atoms with Gasteiger partial charge in [-0.2, -0.15) is 0 Å². The van der Waals surface area contributed by atoms with Crippen LogP contribution in [0.25, 0.3) is 0 Å². The van der Waals surface area contributed by atoms with Crippen molar-refractivity contribution in [1.29, 1.82) is 0 Å². The maximum absolute atomic E-state index is 14.5. The lowest BCUT2D eigenvalue weighted by Gasteiger charge is -2.43. The average Bonchev–Trinajstić information content (AvgIpc) is 3.33. The van der Waals surface area contributed by atoms with Gasteiger partial charge in [-0.15, -0.1) is 0 Å². The lowest BCUT2D eigenvalue weighted by atomic mass is 9.67. The highest BCUT2D eigenvalue weighted by Crippen LogP contribution is 2.41. The van der Waals surface area contributed by atoms with Gasteiger partial charge in [0.25, 0.3) is 11.7 Å². The smallest absolute Gasteiger partial charge is 0.329 e. The zero-order chi connectivity index (χ0) is 51.2. The first kappa shape index (κ1) is 57.7. The van der Waals surface area contributed by atoms with Crippen LogP contribution in [0.3, 0.4) is 0 Å². The minimum Gasteiger partial charge on any atom is -0.460 e. The number of fused-ring (bicyclic) bond motifs is 3. The van der Waals surface area contributed by atoms with Crippen LogP contribution in [0.1, 0.15) is 132 Å². The van der Waals surface area contributed by atoms with E-state index in [0.717, 1.165) is 12.0 Å². The minimum atomic E-state index is -1.95. The van der Waals surface area contributed by atoms with E-state index in [2.05, 4.69) is 0 Å². The van der Waals surface area contributed by atoms with Crippen LogP contribution in [0.15, 0.2) is 47.6 Å². The van der Waals surface area contributed by atoms with Crippen LogP contribution in [0.2, 0.25) is 0 Å². The maximum atomic E-state index is 14.5. The molecule has 4 rings (SSSR count). The summed E-state index contributed by atoms with van der Waals surface area (Å²) in [5.74, 6) is -5.75. The molecule has 15 heteroatoms. The number of hydrogen-bond acceptors (Lipinski definition) is 14. The first-order valence-corrected chi connectivity index (χ1v) is 25.4. The molecule has 0 aromatic heterocycles. The van der Waals surface area contributed by atoms with Gasteiger partial charge in [0.15, 0.2) is 5.78 Å². The van der Waals surface area contributed by atoms with E-state index in [1.165, 1.54) is 12.0 Å². The Hall–Kier alpha value is -3.86. The molecule has 4 N–H and O–H groups in total. The summed E-state index contributed by atoms with van der Waals surface area (Å²) in [5, 5.41) is 23.7. The molecule has 1 unspecified atom stereocenters. The Kier molecular flexibility index (Phi) is 22.7. The van der Waals surface area contributed by atoms with E-state index in [1.54, 1.807) is 41.1 Å². The monoisotopic (exact) mass is 969 g/mol. The van der Waals surface area contributed by atoms with Gasteiger partial charge in [0.2, 0.25) is 0 Å². The lowest BCUT2D eigenvalue weighted by molar-refractivity contribution is -0.171. The summed E-state index contributed by atoms with van der Waals surface area (Å²) < 4.78 is 29.1. The molecule has 4 aliphatic rings. The van der Waals surface area contributed by atoms with E-state index in [4.69, 9.17) is 29.4 Å². The molecule has 1 amide bonds. The van der Waals surface area contributed by atoms with Crippen molar-refractivity contribution in [1.82, 2.24) is 4.90 Å². The molecule has 15 atom stereocenters. The van der Waals surface area contributed by atoms with E-state index >= 15 is 0 Å². The molecule has 1 saturated heterocycles. The van der Waals surface area contributed by atoms with Crippen molar-refractivity contribution in [2.45, 2.75) is 180 Å². The van der Waals surface area contributed by atoms with Crippen LogP contribution in [0.4, 0.5) is 0 Å². The number of rotatable bonds is 8. The Labute approximate surface area is 411 Å². The molecule has 388 valence electrons. The van der Waals surface area contributed by atoms with E-state index in [0.29, 0.717) is 63.4 Å². The zero-order valence-corrected chi connectivity index (χ0v) is 43.1. The van der Waals surface area contributed by atoms with Crippen molar-refractivity contribution >= 4 is 35.2 Å². The van der Waals surface area contributed by atoms with Crippen molar-refractivity contribution in [2.75, 3.05) is 34.4 Å². The number of cyclic esters (lactones) is 1. The normalized spacial score (nSPS) is 37.4. The van der Waals surface area contributed by atoms with Gasteiger partial charge < -0.3 is 44.5 Å². The Bertz CT molecular complexity index is 1890. The molecule has 2 aliphatic carbocycles. The van der Waals surface area contributed by atoms with Gasteiger partial charge in [0, 0.05) is 46.1 Å². The number of ketones is 3. The number of methoxy groups -OCH3 is 3. The molecule has 2 saturated carbocycles.